The van der Waals surface area contributed by atoms with Crippen LogP contribution in [0.4, 0.5) is 0 Å². The van der Waals surface area contributed by atoms with E-state index in [-0.39, 0.29) is 10.8 Å². The van der Waals surface area contributed by atoms with Crippen LogP contribution in [0.1, 0.15) is 37.0 Å². The van der Waals surface area contributed by atoms with E-state index in [4.69, 9.17) is 14.1 Å². The normalized spacial score (nSPS) is 15.5. The first-order valence-electron chi connectivity index (χ1n) is 11.9. The molecule has 1 aliphatic heterocycles. The molecule has 0 saturated carbocycles. The maximum atomic E-state index is 13.1. The number of likely N-dealkylation sites (tertiary alicyclic amines) is 1. The second kappa shape index (κ2) is 8.97. The topological polar surface area (TPSA) is 133 Å². The minimum Gasteiger partial charge on any atom is -0.445 e. The Hall–Kier alpha value is -3.76. The lowest BCUT2D eigenvalue weighted by Crippen LogP contribution is -2.30. The summed E-state index contributed by atoms with van der Waals surface area (Å²) in [5, 5.41) is 9.83. The van der Waals surface area contributed by atoms with E-state index in [1.807, 2.05) is 52.0 Å². The van der Waals surface area contributed by atoms with Crippen LogP contribution >= 0.6 is 0 Å². The number of rotatable bonds is 6. The fraction of sp³-hybridized carbons (Fsp3) is 0.296. The third kappa shape index (κ3) is 4.47. The van der Waals surface area contributed by atoms with Crippen molar-refractivity contribution in [3.63, 3.8) is 0 Å². The molecule has 0 unspecified atom stereocenters. The zero-order valence-electron chi connectivity index (χ0n) is 21.1. The molecule has 2 N–H and O–H groups in total. The molecule has 5 rings (SSSR count). The van der Waals surface area contributed by atoms with Crippen molar-refractivity contribution < 1.29 is 22.2 Å². The Labute approximate surface area is 215 Å². The minimum atomic E-state index is -4.20. The van der Waals surface area contributed by atoms with Gasteiger partial charge in [-0.15, -0.1) is 0 Å². The Balaban J connectivity index is 1.77. The molecule has 4 aromatic rings. The monoisotopic (exact) mass is 520 g/mol. The number of aromatic nitrogens is 2. The van der Waals surface area contributed by atoms with Gasteiger partial charge >= 0.3 is 0 Å². The second-order valence-electron chi connectivity index (χ2n) is 10.1. The number of benzene rings is 2. The summed E-state index contributed by atoms with van der Waals surface area (Å²) in [6, 6.07) is 8.96. The summed E-state index contributed by atoms with van der Waals surface area (Å²) in [7, 11) is -4.20. The van der Waals surface area contributed by atoms with Crippen molar-refractivity contribution in [1.29, 1.82) is 0 Å². The van der Waals surface area contributed by atoms with Crippen LogP contribution in [0.3, 0.4) is 0 Å². The van der Waals surface area contributed by atoms with Gasteiger partial charge < -0.3 is 13.8 Å². The number of amides is 1. The Morgan fingerprint density at radius 2 is 1.89 bits per heavy atom. The number of carbonyl (C=O) groups excluding carboxylic acids is 1. The zero-order valence-corrected chi connectivity index (χ0v) is 21.9. The largest absolute Gasteiger partial charge is 0.445 e. The third-order valence-corrected chi connectivity index (χ3v) is 8.08. The van der Waals surface area contributed by atoms with Gasteiger partial charge in [0.2, 0.25) is 21.8 Å². The number of carbonyl (C=O) groups is 1. The van der Waals surface area contributed by atoms with Crippen molar-refractivity contribution in [3.05, 3.63) is 65.7 Å². The van der Waals surface area contributed by atoms with Crippen LogP contribution in [0.15, 0.2) is 62.9 Å². The Morgan fingerprint density at radius 3 is 2.49 bits per heavy atom. The van der Waals surface area contributed by atoms with Crippen molar-refractivity contribution in [3.8, 4) is 33.8 Å². The van der Waals surface area contributed by atoms with E-state index in [0.717, 1.165) is 23.1 Å². The summed E-state index contributed by atoms with van der Waals surface area (Å²) in [6.07, 6.45) is 5.17. The number of hydrogen-bond donors (Lipinski definition) is 1. The van der Waals surface area contributed by atoms with Gasteiger partial charge in [0.25, 0.3) is 0 Å². The maximum Gasteiger partial charge on any atom is 0.239 e. The summed E-state index contributed by atoms with van der Waals surface area (Å²) >= 11 is 0. The van der Waals surface area contributed by atoms with E-state index in [2.05, 4.69) is 10.1 Å². The molecule has 0 spiro atoms. The number of aryl methyl sites for hydroxylation is 1. The molecule has 1 saturated heterocycles. The summed E-state index contributed by atoms with van der Waals surface area (Å²) in [5.74, 6) is 0.478. The first kappa shape index (κ1) is 24.9. The van der Waals surface area contributed by atoms with Gasteiger partial charge in [0.15, 0.2) is 0 Å². The highest BCUT2D eigenvalue weighted by molar-refractivity contribution is 7.89. The molecule has 37 heavy (non-hydrogen) atoms. The van der Waals surface area contributed by atoms with Crippen LogP contribution in [-0.4, -0.2) is 35.9 Å². The quantitative estimate of drug-likeness (QED) is 0.390. The fourth-order valence-electron chi connectivity index (χ4n) is 4.93. The molecule has 192 valence electrons. The van der Waals surface area contributed by atoms with Gasteiger partial charge in [-0.1, -0.05) is 25.1 Å². The molecule has 10 heteroatoms. The number of oxazole rings is 1. The van der Waals surface area contributed by atoms with Crippen LogP contribution in [-0.2, 0) is 21.4 Å². The van der Waals surface area contributed by atoms with Gasteiger partial charge in [0.1, 0.15) is 18.2 Å². The number of sulfonamides is 1. The number of nitrogens with two attached hydrogens (primary N) is 1. The van der Waals surface area contributed by atoms with Gasteiger partial charge in [-0.05, 0) is 60.7 Å². The summed E-state index contributed by atoms with van der Waals surface area (Å²) in [6.45, 7) is 8.51. The molecule has 0 aliphatic carbocycles. The van der Waals surface area contributed by atoms with Gasteiger partial charge in [-0.25, -0.2) is 18.5 Å². The van der Waals surface area contributed by atoms with Crippen molar-refractivity contribution in [2.45, 2.75) is 45.6 Å². The van der Waals surface area contributed by atoms with E-state index in [1.165, 1.54) is 12.5 Å². The molecule has 0 bridgehead atoms. The minimum absolute atomic E-state index is 0.0392. The Morgan fingerprint density at radius 1 is 1.11 bits per heavy atom. The lowest BCUT2D eigenvalue weighted by atomic mass is 9.90. The molecule has 9 nitrogen and oxygen atoms in total. The van der Waals surface area contributed by atoms with E-state index >= 15 is 0 Å². The lowest BCUT2D eigenvalue weighted by molar-refractivity contribution is -0.135. The van der Waals surface area contributed by atoms with Crippen LogP contribution in [0.25, 0.3) is 33.8 Å². The fourth-order valence-corrected chi connectivity index (χ4v) is 5.95. The van der Waals surface area contributed by atoms with Crippen molar-refractivity contribution in [2.75, 3.05) is 6.54 Å². The molecular weight excluding hydrogens is 492 g/mol. The van der Waals surface area contributed by atoms with E-state index in [9.17, 15) is 13.2 Å². The molecule has 2 aromatic heterocycles. The van der Waals surface area contributed by atoms with Crippen molar-refractivity contribution >= 4 is 15.9 Å². The predicted octanol–water partition coefficient (Wildman–Crippen LogP) is 4.69. The number of nitrogens with zero attached hydrogens (tertiary/aromatic N) is 3. The van der Waals surface area contributed by atoms with E-state index in [0.29, 0.717) is 46.9 Å². The summed E-state index contributed by atoms with van der Waals surface area (Å²) < 4.78 is 36.7. The second-order valence-corrected chi connectivity index (χ2v) is 11.6. The Kier molecular flexibility index (Phi) is 6.04. The first-order valence-corrected chi connectivity index (χ1v) is 13.4. The molecule has 0 atom stereocenters. The molecule has 2 aromatic carbocycles. The van der Waals surface area contributed by atoms with Crippen molar-refractivity contribution in [2.24, 2.45) is 10.6 Å². The summed E-state index contributed by atoms with van der Waals surface area (Å²) in [4.78, 5) is 19.1. The molecule has 1 aliphatic rings. The molecule has 1 amide bonds. The SMILES string of the molecule is Cc1cc(-c2ccc(-c3ncco3)cc2CN2CCC(C)(C)C2=O)c(S(N)(=O)=O)c(-c2ccon2)c1C. The third-order valence-electron chi connectivity index (χ3n) is 7.09. The smallest absolute Gasteiger partial charge is 0.239 e. The molecule has 0 radical (unpaired) electrons. The Bertz CT molecular complexity index is 1590. The lowest BCUT2D eigenvalue weighted by Gasteiger charge is -2.23. The average Bonchev–Trinajstić information content (AvgIpc) is 3.60. The molecule has 3 heterocycles. The highest BCUT2D eigenvalue weighted by atomic mass is 32.2. The number of hydrogen-bond acceptors (Lipinski definition) is 7. The van der Waals surface area contributed by atoms with Crippen LogP contribution in [0.5, 0.6) is 0 Å². The van der Waals surface area contributed by atoms with Gasteiger partial charge in [-0.3, -0.25) is 4.79 Å². The van der Waals surface area contributed by atoms with Crippen LogP contribution < -0.4 is 5.14 Å². The van der Waals surface area contributed by atoms with Gasteiger partial charge in [0, 0.05) is 41.3 Å². The first-order chi connectivity index (χ1) is 17.5. The van der Waals surface area contributed by atoms with Gasteiger partial charge in [0.05, 0.1) is 11.1 Å². The zero-order chi connectivity index (χ0) is 26.5. The van der Waals surface area contributed by atoms with E-state index < -0.39 is 15.4 Å². The summed E-state index contributed by atoms with van der Waals surface area (Å²) in [5.41, 5.74) is 4.46. The predicted molar refractivity (Wildman–Crippen MR) is 138 cm³/mol. The van der Waals surface area contributed by atoms with Crippen molar-refractivity contribution in [1.82, 2.24) is 15.0 Å². The highest BCUT2D eigenvalue weighted by Gasteiger charge is 2.39. The molecular formula is C27H28N4O5S. The standard InChI is InChI=1S/C27H28N4O5S/c1-16-13-21(24(37(28,33)34)23(17(16)2)22-7-11-36-30-22)20-6-5-18(25-29-9-12-35-25)14-19(20)15-31-10-8-27(3,4)26(31)32/h5-7,9,11-14H,8,10,15H2,1-4H3,(H2,28,33,34). The van der Waals surface area contributed by atoms with Crippen LogP contribution in [0.2, 0.25) is 0 Å². The van der Waals surface area contributed by atoms with Gasteiger partial charge in [-0.2, -0.15) is 0 Å². The maximum absolute atomic E-state index is 13.1. The highest BCUT2D eigenvalue weighted by Crippen LogP contribution is 2.42. The number of primary sulfonamides is 1. The average molecular weight is 521 g/mol. The van der Waals surface area contributed by atoms with E-state index in [1.54, 1.807) is 17.2 Å². The van der Waals surface area contributed by atoms with Crippen LogP contribution in [0, 0.1) is 19.3 Å². The molecule has 1 fully saturated rings.